The van der Waals surface area contributed by atoms with E-state index in [1.54, 1.807) is 18.9 Å². The molecule has 0 bridgehead atoms. The monoisotopic (exact) mass is 365 g/mol. The van der Waals surface area contributed by atoms with Gasteiger partial charge in [0.2, 0.25) is 0 Å². The first-order valence-electron chi connectivity index (χ1n) is 7.04. The van der Waals surface area contributed by atoms with E-state index in [-0.39, 0.29) is 0 Å². The number of nitrogens with one attached hydrogen (secondary N) is 1. The second kappa shape index (κ2) is 8.47. The zero-order chi connectivity index (χ0) is 15.1. The van der Waals surface area contributed by atoms with E-state index in [2.05, 4.69) is 58.5 Å². The van der Waals surface area contributed by atoms with Gasteiger partial charge >= 0.3 is 0 Å². The van der Waals surface area contributed by atoms with Crippen molar-refractivity contribution in [2.24, 2.45) is 0 Å². The lowest BCUT2D eigenvalue weighted by Gasteiger charge is -2.11. The molecule has 0 saturated heterocycles. The van der Waals surface area contributed by atoms with Crippen molar-refractivity contribution in [1.29, 1.82) is 0 Å². The van der Waals surface area contributed by atoms with Crippen molar-refractivity contribution in [2.45, 2.75) is 29.7 Å². The van der Waals surface area contributed by atoms with Gasteiger partial charge in [0.15, 0.2) is 0 Å². The minimum Gasteiger partial charge on any atom is -0.497 e. The van der Waals surface area contributed by atoms with E-state index >= 15 is 0 Å². The molecule has 0 aliphatic rings. The van der Waals surface area contributed by atoms with Crippen LogP contribution in [-0.2, 0) is 6.54 Å². The highest BCUT2D eigenvalue weighted by Gasteiger charge is 2.06. The van der Waals surface area contributed by atoms with Crippen LogP contribution in [0.3, 0.4) is 0 Å². The third kappa shape index (κ3) is 5.06. The number of methoxy groups -OCH3 is 1. The predicted molar refractivity (Wildman–Crippen MR) is 93.3 cm³/mol. The van der Waals surface area contributed by atoms with Crippen LogP contribution in [0.2, 0.25) is 0 Å². The SMILES string of the molecule is CCCNCc1ccc(Br)cc1Sc1ccc(OC)cc1. The van der Waals surface area contributed by atoms with Gasteiger partial charge in [0.25, 0.3) is 0 Å². The summed E-state index contributed by atoms with van der Waals surface area (Å²) in [5.41, 5.74) is 1.33. The van der Waals surface area contributed by atoms with Gasteiger partial charge in [-0.25, -0.2) is 0 Å². The predicted octanol–water partition coefficient (Wildman–Crippen LogP) is 5.11. The van der Waals surface area contributed by atoms with Crippen LogP contribution >= 0.6 is 27.7 Å². The summed E-state index contributed by atoms with van der Waals surface area (Å²) in [7, 11) is 1.69. The van der Waals surface area contributed by atoms with Crippen molar-refractivity contribution >= 4 is 27.7 Å². The molecule has 0 radical (unpaired) electrons. The van der Waals surface area contributed by atoms with E-state index in [0.717, 1.165) is 29.7 Å². The molecule has 21 heavy (non-hydrogen) atoms. The lowest BCUT2D eigenvalue weighted by molar-refractivity contribution is 0.414. The molecule has 4 heteroatoms. The van der Waals surface area contributed by atoms with Crippen LogP contribution in [0.1, 0.15) is 18.9 Å². The molecule has 0 atom stereocenters. The summed E-state index contributed by atoms with van der Waals surface area (Å²) in [4.78, 5) is 2.49. The normalized spacial score (nSPS) is 10.6. The van der Waals surface area contributed by atoms with Crippen molar-refractivity contribution < 1.29 is 4.74 Å². The Bertz CT molecular complexity index is 572. The van der Waals surface area contributed by atoms with Gasteiger partial charge in [-0.1, -0.05) is 40.7 Å². The molecule has 2 rings (SSSR count). The zero-order valence-electron chi connectivity index (χ0n) is 12.4. The smallest absolute Gasteiger partial charge is 0.118 e. The van der Waals surface area contributed by atoms with E-state index in [9.17, 15) is 0 Å². The molecule has 0 spiro atoms. The molecule has 0 aliphatic carbocycles. The maximum atomic E-state index is 5.20. The largest absolute Gasteiger partial charge is 0.497 e. The van der Waals surface area contributed by atoms with E-state index in [4.69, 9.17) is 4.74 Å². The summed E-state index contributed by atoms with van der Waals surface area (Å²) >= 11 is 5.34. The Morgan fingerprint density at radius 3 is 2.57 bits per heavy atom. The van der Waals surface area contributed by atoms with Crippen LogP contribution in [0.25, 0.3) is 0 Å². The number of halogens is 1. The maximum absolute atomic E-state index is 5.20. The van der Waals surface area contributed by atoms with Gasteiger partial charge in [-0.2, -0.15) is 0 Å². The van der Waals surface area contributed by atoms with Crippen molar-refractivity contribution in [1.82, 2.24) is 5.32 Å². The molecule has 0 aromatic heterocycles. The molecule has 0 heterocycles. The number of hydrogen-bond donors (Lipinski definition) is 1. The molecule has 0 amide bonds. The van der Waals surface area contributed by atoms with Crippen molar-refractivity contribution in [2.75, 3.05) is 13.7 Å². The Morgan fingerprint density at radius 2 is 1.90 bits per heavy atom. The van der Waals surface area contributed by atoms with Crippen molar-refractivity contribution in [3.05, 3.63) is 52.5 Å². The van der Waals surface area contributed by atoms with Gasteiger partial charge in [-0.3, -0.25) is 0 Å². The fourth-order valence-electron chi connectivity index (χ4n) is 1.94. The Kier molecular flexibility index (Phi) is 6.61. The molecule has 2 aromatic rings. The minimum atomic E-state index is 0.887. The highest BCUT2D eigenvalue weighted by Crippen LogP contribution is 2.33. The van der Waals surface area contributed by atoms with Crippen molar-refractivity contribution in [3.63, 3.8) is 0 Å². The second-order valence-corrected chi connectivity index (χ2v) is 6.74. The summed E-state index contributed by atoms with van der Waals surface area (Å²) in [5, 5.41) is 3.47. The Labute approximate surface area is 139 Å². The number of ether oxygens (including phenoxy) is 1. The number of hydrogen-bond acceptors (Lipinski definition) is 3. The van der Waals surface area contributed by atoms with E-state index in [1.165, 1.54) is 15.4 Å². The van der Waals surface area contributed by atoms with Gasteiger partial charge < -0.3 is 10.1 Å². The van der Waals surface area contributed by atoms with Gasteiger partial charge in [-0.05, 0) is 54.9 Å². The van der Waals surface area contributed by atoms with Crippen LogP contribution in [0, 0.1) is 0 Å². The maximum Gasteiger partial charge on any atom is 0.118 e. The fraction of sp³-hybridized carbons (Fsp3) is 0.294. The topological polar surface area (TPSA) is 21.3 Å². The molecule has 0 unspecified atom stereocenters. The zero-order valence-corrected chi connectivity index (χ0v) is 14.8. The minimum absolute atomic E-state index is 0.887. The van der Waals surface area contributed by atoms with E-state index in [0.29, 0.717) is 0 Å². The first-order chi connectivity index (χ1) is 10.2. The quantitative estimate of drug-likeness (QED) is 0.688. The number of rotatable bonds is 7. The number of benzene rings is 2. The third-order valence-corrected chi connectivity index (χ3v) is 4.66. The molecule has 0 saturated carbocycles. The van der Waals surface area contributed by atoms with Gasteiger partial charge in [0.1, 0.15) is 5.75 Å². The van der Waals surface area contributed by atoms with Crippen LogP contribution < -0.4 is 10.1 Å². The first kappa shape index (κ1) is 16.4. The van der Waals surface area contributed by atoms with Crippen molar-refractivity contribution in [3.8, 4) is 5.75 Å². The summed E-state index contributed by atoms with van der Waals surface area (Å²) in [5.74, 6) is 0.887. The molecule has 2 aromatic carbocycles. The lowest BCUT2D eigenvalue weighted by Crippen LogP contribution is -2.14. The third-order valence-electron chi connectivity index (χ3n) is 3.06. The standard InChI is InChI=1S/C17H20BrNOS/c1-3-10-19-12-13-4-5-14(18)11-17(13)21-16-8-6-15(20-2)7-9-16/h4-9,11,19H,3,10,12H2,1-2H3. The second-order valence-electron chi connectivity index (χ2n) is 4.71. The van der Waals surface area contributed by atoms with Gasteiger partial charge in [-0.15, -0.1) is 0 Å². The highest BCUT2D eigenvalue weighted by atomic mass is 79.9. The summed E-state index contributed by atoms with van der Waals surface area (Å²) < 4.78 is 6.31. The molecule has 1 N–H and O–H groups in total. The molecule has 0 fully saturated rings. The molecule has 112 valence electrons. The van der Waals surface area contributed by atoms with Crippen LogP contribution in [0.4, 0.5) is 0 Å². The van der Waals surface area contributed by atoms with Crippen LogP contribution in [0.15, 0.2) is 56.7 Å². The van der Waals surface area contributed by atoms with E-state index in [1.807, 2.05) is 12.1 Å². The molecular weight excluding hydrogens is 346 g/mol. The Hall–Kier alpha value is -0.970. The van der Waals surface area contributed by atoms with Crippen LogP contribution in [0.5, 0.6) is 5.75 Å². The highest BCUT2D eigenvalue weighted by molar-refractivity contribution is 9.10. The van der Waals surface area contributed by atoms with Gasteiger partial charge in [0.05, 0.1) is 7.11 Å². The molecular formula is C17H20BrNOS. The summed E-state index contributed by atoms with van der Waals surface area (Å²) in [6, 6.07) is 14.6. The van der Waals surface area contributed by atoms with Crippen LogP contribution in [-0.4, -0.2) is 13.7 Å². The summed E-state index contributed by atoms with van der Waals surface area (Å²) in [6.07, 6.45) is 1.15. The average Bonchev–Trinajstić information content (AvgIpc) is 2.50. The first-order valence-corrected chi connectivity index (χ1v) is 8.65. The fourth-order valence-corrected chi connectivity index (χ4v) is 3.44. The Morgan fingerprint density at radius 1 is 1.14 bits per heavy atom. The average molecular weight is 366 g/mol. The molecule has 0 aliphatic heterocycles. The summed E-state index contributed by atoms with van der Waals surface area (Å²) in [6.45, 7) is 4.13. The van der Waals surface area contributed by atoms with E-state index < -0.39 is 0 Å². The molecule has 2 nitrogen and oxygen atoms in total. The lowest BCUT2D eigenvalue weighted by atomic mass is 10.2. The van der Waals surface area contributed by atoms with Gasteiger partial charge in [0, 0.05) is 20.8 Å². The Balaban J connectivity index is 2.14.